The molecular formula is C12H14ClNO2. The first-order chi connectivity index (χ1) is 7.70. The van der Waals surface area contributed by atoms with Gasteiger partial charge in [-0.25, -0.2) is 4.79 Å². The van der Waals surface area contributed by atoms with Crippen LogP contribution in [0.4, 0.5) is 0 Å². The molecule has 0 aliphatic rings. The molecule has 0 heterocycles. The highest BCUT2D eigenvalue weighted by Crippen LogP contribution is 2.23. The van der Waals surface area contributed by atoms with Crippen molar-refractivity contribution in [3.8, 4) is 0 Å². The number of rotatable bonds is 5. The fourth-order valence-corrected chi connectivity index (χ4v) is 1.59. The minimum Gasteiger partial charge on any atom is -0.468 e. The monoisotopic (exact) mass is 239 g/mol. The van der Waals surface area contributed by atoms with Gasteiger partial charge in [0.25, 0.3) is 0 Å². The SMILES string of the molecule is C=CCNC(C(=O)OC)c1ccccc1Cl. The molecule has 0 aromatic heterocycles. The molecule has 1 unspecified atom stereocenters. The summed E-state index contributed by atoms with van der Waals surface area (Å²) in [6.07, 6.45) is 1.67. The smallest absolute Gasteiger partial charge is 0.327 e. The number of esters is 1. The summed E-state index contributed by atoms with van der Waals surface area (Å²) >= 11 is 6.03. The molecule has 0 aliphatic heterocycles. The minimum atomic E-state index is -0.559. The van der Waals surface area contributed by atoms with Gasteiger partial charge >= 0.3 is 5.97 Å². The number of nitrogens with one attached hydrogen (secondary N) is 1. The molecule has 1 aromatic carbocycles. The molecule has 1 rings (SSSR count). The molecule has 1 N–H and O–H groups in total. The van der Waals surface area contributed by atoms with Crippen LogP contribution in [0.5, 0.6) is 0 Å². The molecule has 0 bridgehead atoms. The molecule has 0 radical (unpaired) electrons. The average Bonchev–Trinajstić information content (AvgIpc) is 2.31. The van der Waals surface area contributed by atoms with E-state index in [0.29, 0.717) is 17.1 Å². The lowest BCUT2D eigenvalue weighted by Crippen LogP contribution is -2.29. The second-order valence-electron chi connectivity index (χ2n) is 3.17. The van der Waals surface area contributed by atoms with Gasteiger partial charge in [0.2, 0.25) is 0 Å². The molecule has 0 saturated carbocycles. The Morgan fingerprint density at radius 3 is 2.88 bits per heavy atom. The van der Waals surface area contributed by atoms with Gasteiger partial charge in [-0.2, -0.15) is 0 Å². The van der Waals surface area contributed by atoms with Crippen molar-refractivity contribution in [2.45, 2.75) is 6.04 Å². The van der Waals surface area contributed by atoms with Crippen molar-refractivity contribution in [1.29, 1.82) is 0 Å². The van der Waals surface area contributed by atoms with E-state index in [2.05, 4.69) is 11.9 Å². The summed E-state index contributed by atoms with van der Waals surface area (Å²) in [6, 6.07) is 6.61. The molecular weight excluding hydrogens is 226 g/mol. The van der Waals surface area contributed by atoms with E-state index in [1.54, 1.807) is 18.2 Å². The van der Waals surface area contributed by atoms with Gasteiger partial charge in [0.1, 0.15) is 6.04 Å². The lowest BCUT2D eigenvalue weighted by atomic mass is 10.1. The van der Waals surface area contributed by atoms with Crippen LogP contribution in [-0.4, -0.2) is 19.6 Å². The second kappa shape index (κ2) is 6.30. The molecule has 0 amide bonds. The van der Waals surface area contributed by atoms with E-state index in [-0.39, 0.29) is 5.97 Å². The maximum Gasteiger partial charge on any atom is 0.327 e. The lowest BCUT2D eigenvalue weighted by molar-refractivity contribution is -0.143. The summed E-state index contributed by atoms with van der Waals surface area (Å²) in [6.45, 7) is 4.09. The molecule has 86 valence electrons. The van der Waals surface area contributed by atoms with Gasteiger partial charge in [0, 0.05) is 11.6 Å². The van der Waals surface area contributed by atoms with E-state index in [4.69, 9.17) is 16.3 Å². The van der Waals surface area contributed by atoms with E-state index in [9.17, 15) is 4.79 Å². The molecule has 1 atom stereocenters. The van der Waals surface area contributed by atoms with Crippen molar-refractivity contribution in [3.05, 3.63) is 47.5 Å². The van der Waals surface area contributed by atoms with Crippen molar-refractivity contribution in [1.82, 2.24) is 5.32 Å². The number of halogens is 1. The first kappa shape index (κ1) is 12.7. The Kier molecular flexibility index (Phi) is 5.02. The van der Waals surface area contributed by atoms with E-state index >= 15 is 0 Å². The fraction of sp³-hybridized carbons (Fsp3) is 0.250. The third-order valence-corrected chi connectivity index (χ3v) is 2.46. The Morgan fingerprint density at radius 1 is 1.62 bits per heavy atom. The highest BCUT2D eigenvalue weighted by Gasteiger charge is 2.22. The topological polar surface area (TPSA) is 38.3 Å². The van der Waals surface area contributed by atoms with Gasteiger partial charge < -0.3 is 4.74 Å². The van der Waals surface area contributed by atoms with E-state index < -0.39 is 6.04 Å². The number of hydrogen-bond acceptors (Lipinski definition) is 3. The molecule has 0 saturated heterocycles. The van der Waals surface area contributed by atoms with Crippen LogP contribution in [-0.2, 0) is 9.53 Å². The zero-order chi connectivity index (χ0) is 12.0. The maximum atomic E-state index is 11.6. The maximum absolute atomic E-state index is 11.6. The molecule has 0 fully saturated rings. The van der Waals surface area contributed by atoms with E-state index in [1.807, 2.05) is 12.1 Å². The Bertz CT molecular complexity index is 379. The van der Waals surface area contributed by atoms with Gasteiger partial charge in [0.15, 0.2) is 0 Å². The van der Waals surface area contributed by atoms with E-state index in [0.717, 1.165) is 0 Å². The summed E-state index contributed by atoms with van der Waals surface area (Å²) in [7, 11) is 1.35. The lowest BCUT2D eigenvalue weighted by Gasteiger charge is -2.16. The molecule has 4 heteroatoms. The predicted molar refractivity (Wildman–Crippen MR) is 64.4 cm³/mol. The van der Waals surface area contributed by atoms with Crippen LogP contribution >= 0.6 is 11.6 Å². The third-order valence-electron chi connectivity index (χ3n) is 2.12. The molecule has 3 nitrogen and oxygen atoms in total. The standard InChI is InChI=1S/C12H14ClNO2/c1-3-8-14-11(12(15)16-2)9-6-4-5-7-10(9)13/h3-7,11,14H,1,8H2,2H3. The zero-order valence-electron chi connectivity index (χ0n) is 9.07. The quantitative estimate of drug-likeness (QED) is 0.633. The van der Waals surface area contributed by atoms with Crippen molar-refractivity contribution >= 4 is 17.6 Å². The fourth-order valence-electron chi connectivity index (χ4n) is 1.35. The molecule has 1 aromatic rings. The van der Waals surface area contributed by atoms with Crippen molar-refractivity contribution < 1.29 is 9.53 Å². The van der Waals surface area contributed by atoms with Crippen molar-refractivity contribution in [3.63, 3.8) is 0 Å². The van der Waals surface area contributed by atoms with Crippen LogP contribution in [0, 0.1) is 0 Å². The van der Waals surface area contributed by atoms with Crippen LogP contribution in [0.15, 0.2) is 36.9 Å². The van der Waals surface area contributed by atoms with Gasteiger partial charge in [-0.05, 0) is 11.6 Å². The average molecular weight is 240 g/mol. The Labute approximate surface area is 100 Å². The third kappa shape index (κ3) is 3.08. The predicted octanol–water partition coefficient (Wildman–Crippen LogP) is 2.33. The molecule has 16 heavy (non-hydrogen) atoms. The Morgan fingerprint density at radius 2 is 2.31 bits per heavy atom. The van der Waals surface area contributed by atoms with Crippen LogP contribution in [0.2, 0.25) is 5.02 Å². The first-order valence-corrected chi connectivity index (χ1v) is 5.25. The highest BCUT2D eigenvalue weighted by atomic mass is 35.5. The summed E-state index contributed by atoms with van der Waals surface area (Å²) in [5, 5.41) is 3.54. The molecule has 0 spiro atoms. The van der Waals surface area contributed by atoms with Crippen molar-refractivity contribution in [2.24, 2.45) is 0 Å². The number of benzene rings is 1. The number of methoxy groups -OCH3 is 1. The number of carbonyl (C=O) groups excluding carboxylic acids is 1. The number of carbonyl (C=O) groups is 1. The molecule has 0 aliphatic carbocycles. The zero-order valence-corrected chi connectivity index (χ0v) is 9.83. The van der Waals surface area contributed by atoms with Crippen LogP contribution in [0.1, 0.15) is 11.6 Å². The minimum absolute atomic E-state index is 0.366. The number of hydrogen-bond donors (Lipinski definition) is 1. The Hall–Kier alpha value is -1.32. The van der Waals surface area contributed by atoms with Gasteiger partial charge in [-0.15, -0.1) is 6.58 Å². The first-order valence-electron chi connectivity index (χ1n) is 4.87. The van der Waals surface area contributed by atoms with Gasteiger partial charge in [-0.3, -0.25) is 5.32 Å². The van der Waals surface area contributed by atoms with E-state index in [1.165, 1.54) is 7.11 Å². The summed E-state index contributed by atoms with van der Waals surface area (Å²) in [5.41, 5.74) is 0.706. The number of ether oxygens (including phenoxy) is 1. The normalized spacial score (nSPS) is 11.9. The van der Waals surface area contributed by atoms with Gasteiger partial charge in [-0.1, -0.05) is 35.9 Å². The summed E-state index contributed by atoms with van der Waals surface area (Å²) in [4.78, 5) is 11.6. The van der Waals surface area contributed by atoms with Crippen LogP contribution in [0.3, 0.4) is 0 Å². The van der Waals surface area contributed by atoms with Crippen LogP contribution in [0.25, 0.3) is 0 Å². The summed E-state index contributed by atoms with van der Waals surface area (Å²) < 4.78 is 4.72. The second-order valence-corrected chi connectivity index (χ2v) is 3.58. The van der Waals surface area contributed by atoms with Gasteiger partial charge in [0.05, 0.1) is 7.11 Å². The van der Waals surface area contributed by atoms with Crippen molar-refractivity contribution in [2.75, 3.05) is 13.7 Å². The summed E-state index contributed by atoms with van der Waals surface area (Å²) in [5.74, 6) is -0.366. The largest absolute Gasteiger partial charge is 0.468 e. The highest BCUT2D eigenvalue weighted by molar-refractivity contribution is 6.31. The Balaban J connectivity index is 2.96. The van der Waals surface area contributed by atoms with Crippen LogP contribution < -0.4 is 5.32 Å².